The molecule has 5 nitrogen and oxygen atoms in total. The number of hydrogen-bond acceptors (Lipinski definition) is 4. The summed E-state index contributed by atoms with van der Waals surface area (Å²) in [5.74, 6) is 0.953. The molecule has 1 aliphatic heterocycles. The fraction of sp³-hybridized carbons (Fsp3) is 0.800. The number of aliphatic imine (C=N–C) groups is 1. The van der Waals surface area contributed by atoms with Crippen molar-refractivity contribution in [3.63, 3.8) is 0 Å². The Morgan fingerprint density at radius 1 is 1.15 bits per heavy atom. The van der Waals surface area contributed by atoms with Crippen LogP contribution in [0.3, 0.4) is 0 Å². The van der Waals surface area contributed by atoms with Gasteiger partial charge in [0.1, 0.15) is 0 Å². The van der Waals surface area contributed by atoms with Gasteiger partial charge in [0, 0.05) is 36.6 Å². The van der Waals surface area contributed by atoms with Crippen LogP contribution in [0, 0.1) is 13.8 Å². The number of aromatic nitrogens is 1. The molecule has 2 fully saturated rings. The van der Waals surface area contributed by atoms with Crippen LogP contribution in [-0.2, 0) is 6.54 Å². The maximum Gasteiger partial charge on any atom is 0.191 e. The minimum atomic E-state index is 0.539. The molecule has 0 unspecified atom stereocenters. The summed E-state index contributed by atoms with van der Waals surface area (Å²) in [5.41, 5.74) is 1.12. The molecule has 0 aromatic carbocycles. The first-order valence-electron chi connectivity index (χ1n) is 10.4. The Kier molecular flexibility index (Phi) is 7.32. The molecule has 2 N–H and O–H groups in total. The van der Waals surface area contributed by atoms with Crippen molar-refractivity contribution in [1.82, 2.24) is 20.5 Å². The lowest BCUT2D eigenvalue weighted by Crippen LogP contribution is -2.50. The highest BCUT2D eigenvalue weighted by Gasteiger charge is 2.26. The van der Waals surface area contributed by atoms with Gasteiger partial charge in [-0.25, -0.2) is 9.98 Å². The van der Waals surface area contributed by atoms with Crippen molar-refractivity contribution in [3.8, 4) is 0 Å². The van der Waals surface area contributed by atoms with Gasteiger partial charge in [-0.05, 0) is 46.5 Å². The predicted octanol–water partition coefficient (Wildman–Crippen LogP) is 3.61. The van der Waals surface area contributed by atoms with E-state index < -0.39 is 0 Å². The highest BCUT2D eigenvalue weighted by Crippen LogP contribution is 2.25. The Balaban J connectivity index is 1.50. The molecule has 0 amide bonds. The van der Waals surface area contributed by atoms with E-state index in [1.165, 1.54) is 62.9 Å². The molecule has 0 spiro atoms. The summed E-state index contributed by atoms with van der Waals surface area (Å²) in [6.45, 7) is 10.3. The number of piperidine rings is 1. The molecule has 1 aromatic heterocycles. The van der Waals surface area contributed by atoms with Crippen LogP contribution < -0.4 is 10.6 Å². The summed E-state index contributed by atoms with van der Waals surface area (Å²) >= 11 is 1.76. The van der Waals surface area contributed by atoms with Crippen LogP contribution in [0.25, 0.3) is 0 Å². The molecule has 0 bridgehead atoms. The molecule has 26 heavy (non-hydrogen) atoms. The number of hydrogen-bond donors (Lipinski definition) is 2. The molecule has 6 heteroatoms. The van der Waals surface area contributed by atoms with Gasteiger partial charge < -0.3 is 15.5 Å². The van der Waals surface area contributed by atoms with Gasteiger partial charge in [-0.2, -0.15) is 0 Å². The molecular formula is C20H35N5S. The van der Waals surface area contributed by atoms with Crippen LogP contribution in [0.15, 0.2) is 4.99 Å². The SMILES string of the molecule is CCNC(=NCc1sc(C)nc1C)NC1CCN(C2CCCCC2)CC1. The lowest BCUT2D eigenvalue weighted by Gasteiger charge is -2.39. The number of guanidine groups is 1. The quantitative estimate of drug-likeness (QED) is 0.608. The van der Waals surface area contributed by atoms with Crippen molar-refractivity contribution in [2.75, 3.05) is 19.6 Å². The van der Waals surface area contributed by atoms with Crippen molar-refractivity contribution in [2.24, 2.45) is 4.99 Å². The lowest BCUT2D eigenvalue weighted by atomic mass is 9.92. The summed E-state index contributed by atoms with van der Waals surface area (Å²) in [5, 5.41) is 8.21. The standard InChI is InChI=1S/C20H35N5S/c1-4-21-20(22-14-19-15(2)23-16(3)26-19)24-17-10-12-25(13-11-17)18-8-6-5-7-9-18/h17-18H,4-14H2,1-3H3,(H2,21,22,24). The summed E-state index contributed by atoms with van der Waals surface area (Å²) in [7, 11) is 0. The van der Waals surface area contributed by atoms with Gasteiger partial charge >= 0.3 is 0 Å². The molecule has 2 heterocycles. The van der Waals surface area contributed by atoms with Crippen LogP contribution in [0.2, 0.25) is 0 Å². The number of nitrogens with one attached hydrogen (secondary N) is 2. The van der Waals surface area contributed by atoms with Gasteiger partial charge in [0.05, 0.1) is 17.2 Å². The van der Waals surface area contributed by atoms with Crippen molar-refractivity contribution in [3.05, 3.63) is 15.6 Å². The second-order valence-electron chi connectivity index (χ2n) is 7.68. The second kappa shape index (κ2) is 9.70. The van der Waals surface area contributed by atoms with Crippen molar-refractivity contribution in [2.45, 2.75) is 84.3 Å². The minimum absolute atomic E-state index is 0.539. The van der Waals surface area contributed by atoms with Crippen LogP contribution in [0.4, 0.5) is 0 Å². The van der Waals surface area contributed by atoms with Gasteiger partial charge in [0.15, 0.2) is 5.96 Å². The monoisotopic (exact) mass is 377 g/mol. The van der Waals surface area contributed by atoms with Crippen LogP contribution in [0.5, 0.6) is 0 Å². The third kappa shape index (κ3) is 5.43. The van der Waals surface area contributed by atoms with Crippen molar-refractivity contribution in [1.29, 1.82) is 0 Å². The van der Waals surface area contributed by atoms with Gasteiger partial charge in [0.25, 0.3) is 0 Å². The van der Waals surface area contributed by atoms with Gasteiger partial charge in [-0.15, -0.1) is 11.3 Å². The first-order valence-corrected chi connectivity index (χ1v) is 11.2. The number of nitrogens with zero attached hydrogens (tertiary/aromatic N) is 3. The van der Waals surface area contributed by atoms with Crippen LogP contribution in [0.1, 0.15) is 67.4 Å². The van der Waals surface area contributed by atoms with Crippen molar-refractivity contribution < 1.29 is 0 Å². The fourth-order valence-corrected chi connectivity index (χ4v) is 5.10. The molecule has 1 aliphatic carbocycles. The zero-order valence-corrected chi connectivity index (χ0v) is 17.5. The summed E-state index contributed by atoms with van der Waals surface area (Å²) < 4.78 is 0. The Labute approximate surface area is 162 Å². The highest BCUT2D eigenvalue weighted by atomic mass is 32.1. The Hall–Kier alpha value is -1.14. The maximum atomic E-state index is 4.81. The van der Waals surface area contributed by atoms with E-state index in [-0.39, 0.29) is 0 Å². The molecule has 3 rings (SSSR count). The van der Waals surface area contributed by atoms with E-state index in [4.69, 9.17) is 4.99 Å². The van der Waals surface area contributed by atoms with Crippen LogP contribution in [-0.4, -0.2) is 47.6 Å². The topological polar surface area (TPSA) is 52.6 Å². The number of aryl methyl sites for hydroxylation is 2. The molecule has 1 aromatic rings. The Morgan fingerprint density at radius 2 is 1.88 bits per heavy atom. The highest BCUT2D eigenvalue weighted by molar-refractivity contribution is 7.11. The van der Waals surface area contributed by atoms with Crippen molar-refractivity contribution >= 4 is 17.3 Å². The second-order valence-corrected chi connectivity index (χ2v) is 8.97. The molecule has 2 aliphatic rings. The number of rotatable bonds is 5. The normalized spacial score (nSPS) is 21.1. The molecule has 0 atom stereocenters. The summed E-state index contributed by atoms with van der Waals surface area (Å²) in [6.07, 6.45) is 9.56. The Bertz CT molecular complexity index is 583. The molecule has 146 valence electrons. The number of thiazole rings is 1. The molecular weight excluding hydrogens is 342 g/mol. The first kappa shape index (κ1) is 19.6. The smallest absolute Gasteiger partial charge is 0.191 e. The van der Waals surface area contributed by atoms with E-state index in [1.54, 1.807) is 11.3 Å². The van der Waals surface area contributed by atoms with E-state index >= 15 is 0 Å². The van der Waals surface area contributed by atoms with Gasteiger partial charge in [-0.3, -0.25) is 0 Å². The summed E-state index contributed by atoms with van der Waals surface area (Å²) in [6, 6.07) is 1.39. The average Bonchev–Trinajstić information content (AvgIpc) is 2.98. The first-order chi connectivity index (χ1) is 12.7. The van der Waals surface area contributed by atoms with E-state index in [2.05, 4.69) is 41.3 Å². The lowest BCUT2D eigenvalue weighted by molar-refractivity contribution is 0.119. The Morgan fingerprint density at radius 3 is 2.50 bits per heavy atom. The van der Waals surface area contributed by atoms with Crippen LogP contribution >= 0.6 is 11.3 Å². The molecule has 0 radical (unpaired) electrons. The van der Waals surface area contributed by atoms with Gasteiger partial charge in [0.2, 0.25) is 0 Å². The third-order valence-electron chi connectivity index (χ3n) is 5.69. The van der Waals surface area contributed by atoms with E-state index in [9.17, 15) is 0 Å². The average molecular weight is 378 g/mol. The summed E-state index contributed by atoms with van der Waals surface area (Å²) in [4.78, 5) is 13.3. The number of likely N-dealkylation sites (tertiary alicyclic amines) is 1. The largest absolute Gasteiger partial charge is 0.357 e. The third-order valence-corrected chi connectivity index (χ3v) is 6.74. The fourth-order valence-electron chi connectivity index (χ4n) is 4.24. The maximum absolute atomic E-state index is 4.81. The molecule has 1 saturated carbocycles. The van der Waals surface area contributed by atoms with Gasteiger partial charge in [-0.1, -0.05) is 19.3 Å². The molecule has 1 saturated heterocycles. The zero-order chi connectivity index (χ0) is 18.4. The van der Waals surface area contributed by atoms with E-state index in [0.29, 0.717) is 12.6 Å². The van der Waals surface area contributed by atoms with E-state index in [1.807, 2.05) is 0 Å². The zero-order valence-electron chi connectivity index (χ0n) is 16.7. The van der Waals surface area contributed by atoms with E-state index in [0.717, 1.165) is 29.2 Å². The predicted molar refractivity (Wildman–Crippen MR) is 111 cm³/mol. The minimum Gasteiger partial charge on any atom is -0.357 e.